The van der Waals surface area contributed by atoms with Crippen molar-refractivity contribution in [3.63, 3.8) is 0 Å². The fourth-order valence-corrected chi connectivity index (χ4v) is 6.59. The molecule has 0 spiro atoms. The molecule has 1 aliphatic rings. The lowest BCUT2D eigenvalue weighted by atomic mass is 9.96. The van der Waals surface area contributed by atoms with Gasteiger partial charge in [0.2, 0.25) is 0 Å². The van der Waals surface area contributed by atoms with Crippen molar-refractivity contribution in [2.75, 3.05) is 26.4 Å². The molecule has 0 N–H and O–H groups in total. The van der Waals surface area contributed by atoms with Crippen LogP contribution in [0.2, 0.25) is 5.02 Å². The average molecular weight is 711 g/mol. The minimum absolute atomic E-state index is 0.179. The van der Waals surface area contributed by atoms with Crippen LogP contribution < -0.4 is 24.4 Å². The molecule has 0 radical (unpaired) electrons. The van der Waals surface area contributed by atoms with Gasteiger partial charge in [-0.2, -0.15) is 0 Å². The van der Waals surface area contributed by atoms with Gasteiger partial charge >= 0.3 is 11.9 Å². The summed E-state index contributed by atoms with van der Waals surface area (Å²) in [6, 6.07) is 9.84. The van der Waals surface area contributed by atoms with E-state index in [1.807, 2.05) is 19.1 Å². The Morgan fingerprint density at radius 2 is 1.78 bits per heavy atom. The normalized spacial score (nSPS) is 14.8. The summed E-state index contributed by atoms with van der Waals surface area (Å²) in [4.78, 5) is 44.1. The number of carbonyl (C=O) groups excluding carboxylic acids is 2. The molecule has 216 valence electrons. The summed E-state index contributed by atoms with van der Waals surface area (Å²) in [5, 5.41) is 0.435. The molecule has 0 unspecified atom stereocenters. The summed E-state index contributed by atoms with van der Waals surface area (Å²) in [5.41, 5.74) is 1.61. The minimum Gasteiger partial charge on any atom is -0.494 e. The monoisotopic (exact) mass is 710 g/mol. The lowest BCUT2D eigenvalue weighted by Crippen LogP contribution is -2.39. The topological polar surface area (TPSA) is 105 Å². The van der Waals surface area contributed by atoms with Crippen LogP contribution in [-0.2, 0) is 19.1 Å². The molecule has 0 fully saturated rings. The molecule has 0 amide bonds. The lowest BCUT2D eigenvalue weighted by Gasteiger charge is -2.24. The van der Waals surface area contributed by atoms with Gasteiger partial charge in [-0.3, -0.25) is 9.36 Å². The van der Waals surface area contributed by atoms with Crippen molar-refractivity contribution in [2.24, 2.45) is 4.99 Å². The Bertz CT molecular complexity index is 1680. The average Bonchev–Trinajstić information content (AvgIpc) is 3.22. The summed E-state index contributed by atoms with van der Waals surface area (Å²) < 4.78 is 24.2. The van der Waals surface area contributed by atoms with Crippen molar-refractivity contribution in [3.8, 4) is 11.5 Å². The highest BCUT2D eigenvalue weighted by molar-refractivity contribution is 14.1. The van der Waals surface area contributed by atoms with Gasteiger partial charge in [-0.25, -0.2) is 14.6 Å². The molecule has 0 bridgehead atoms. The molecule has 12 heteroatoms. The quantitative estimate of drug-likeness (QED) is 0.227. The smallest absolute Gasteiger partial charge is 0.344 e. The molecule has 1 aromatic heterocycles. The number of hydrogen-bond acceptors (Lipinski definition) is 9. The Kier molecular flexibility index (Phi) is 10.3. The predicted molar refractivity (Wildman–Crippen MR) is 164 cm³/mol. The summed E-state index contributed by atoms with van der Waals surface area (Å²) in [6.45, 7) is 7.68. The number of rotatable bonds is 10. The van der Waals surface area contributed by atoms with Gasteiger partial charge in [0.25, 0.3) is 5.56 Å². The molecule has 2 aromatic carbocycles. The number of thiazole rings is 1. The fourth-order valence-electron chi connectivity index (χ4n) is 4.33. The summed E-state index contributed by atoms with van der Waals surface area (Å²) >= 11 is 9.58. The van der Waals surface area contributed by atoms with Crippen LogP contribution >= 0.6 is 45.5 Å². The first kappa shape index (κ1) is 30.8. The fraction of sp³-hybridized carbons (Fsp3) is 0.310. The van der Waals surface area contributed by atoms with E-state index in [2.05, 4.69) is 27.6 Å². The molecule has 1 aliphatic heterocycles. The Hall–Kier alpha value is -3.16. The number of hydrogen-bond donors (Lipinski definition) is 0. The van der Waals surface area contributed by atoms with Crippen LogP contribution in [0.25, 0.3) is 6.08 Å². The van der Waals surface area contributed by atoms with Crippen LogP contribution in [0.1, 0.15) is 44.9 Å². The van der Waals surface area contributed by atoms with Gasteiger partial charge in [-0.15, -0.1) is 0 Å². The third kappa shape index (κ3) is 6.84. The summed E-state index contributed by atoms with van der Waals surface area (Å²) in [6.07, 6.45) is 1.65. The molecule has 0 saturated carbocycles. The zero-order valence-corrected chi connectivity index (χ0v) is 26.6. The van der Waals surface area contributed by atoms with Crippen molar-refractivity contribution in [1.29, 1.82) is 0 Å². The van der Waals surface area contributed by atoms with E-state index in [-0.39, 0.29) is 31.0 Å². The van der Waals surface area contributed by atoms with Gasteiger partial charge in [-0.05, 0) is 86.2 Å². The zero-order valence-electron chi connectivity index (χ0n) is 22.9. The van der Waals surface area contributed by atoms with Crippen molar-refractivity contribution in [3.05, 3.63) is 87.1 Å². The highest BCUT2D eigenvalue weighted by atomic mass is 127. The first-order valence-corrected chi connectivity index (χ1v) is 15.2. The van der Waals surface area contributed by atoms with Crippen molar-refractivity contribution < 1.29 is 28.5 Å². The molecular formula is C29H28ClIN2O7S. The minimum atomic E-state index is -0.762. The maximum atomic E-state index is 14.0. The molecular weight excluding hydrogens is 683 g/mol. The second-order valence-corrected chi connectivity index (χ2v) is 11.3. The highest BCUT2D eigenvalue weighted by Crippen LogP contribution is 2.33. The van der Waals surface area contributed by atoms with Crippen LogP contribution in [0, 0.1) is 3.57 Å². The number of ether oxygens (including phenoxy) is 4. The molecule has 0 aliphatic carbocycles. The van der Waals surface area contributed by atoms with E-state index < -0.39 is 18.0 Å². The molecule has 4 rings (SSSR count). The van der Waals surface area contributed by atoms with Gasteiger partial charge in [0, 0.05) is 10.6 Å². The largest absolute Gasteiger partial charge is 0.494 e. The number of allylic oxidation sites excluding steroid dienone is 1. The molecule has 3 aromatic rings. The van der Waals surface area contributed by atoms with E-state index in [4.69, 9.17) is 30.5 Å². The number of halogens is 2. The number of esters is 2. The molecule has 2 heterocycles. The molecule has 41 heavy (non-hydrogen) atoms. The molecule has 9 nitrogen and oxygen atoms in total. The maximum Gasteiger partial charge on any atom is 0.344 e. The van der Waals surface area contributed by atoms with E-state index in [1.165, 1.54) is 15.9 Å². The van der Waals surface area contributed by atoms with E-state index in [0.29, 0.717) is 52.9 Å². The third-order valence-corrected chi connectivity index (χ3v) is 7.99. The van der Waals surface area contributed by atoms with E-state index in [1.54, 1.807) is 51.1 Å². The van der Waals surface area contributed by atoms with Crippen LogP contribution in [0.5, 0.6) is 11.5 Å². The molecule has 1 atom stereocenters. The maximum absolute atomic E-state index is 14.0. The Labute approximate surface area is 259 Å². The zero-order chi connectivity index (χ0) is 29.7. The first-order valence-electron chi connectivity index (χ1n) is 12.9. The van der Waals surface area contributed by atoms with E-state index in [9.17, 15) is 14.4 Å². The number of benzene rings is 2. The number of nitrogens with zero attached hydrogens (tertiary/aromatic N) is 2. The summed E-state index contributed by atoms with van der Waals surface area (Å²) in [7, 11) is 0. The standard InChI is InChI=1S/C29H28ClIN2O7S/c1-5-37-20-10-8-17(9-11-20)25-24(28(36)39-7-3)16(4)32-29-33(25)27(35)22(41-29)13-18-12-19(30)14-21(31)26(18)40-15-23(34)38-6-2/h8-14,25H,5-7,15H2,1-4H3/b22-13-/t25-/m0/s1. The second kappa shape index (κ2) is 13.7. The second-order valence-electron chi connectivity index (χ2n) is 8.70. The highest BCUT2D eigenvalue weighted by Gasteiger charge is 2.33. The van der Waals surface area contributed by atoms with Crippen molar-refractivity contribution in [1.82, 2.24) is 4.57 Å². The van der Waals surface area contributed by atoms with Crippen LogP contribution in [0.15, 0.2) is 57.5 Å². The van der Waals surface area contributed by atoms with E-state index >= 15 is 0 Å². The number of aromatic nitrogens is 1. The SMILES string of the molecule is CCOC(=O)COc1c(I)cc(Cl)cc1/C=c1\sc2n(c1=O)[C@@H](c1ccc(OCC)cc1)C(C(=O)OCC)=C(C)N=2. The van der Waals surface area contributed by atoms with E-state index in [0.717, 1.165) is 0 Å². The molecule has 0 saturated heterocycles. The van der Waals surface area contributed by atoms with Gasteiger partial charge in [0.05, 0.1) is 45.2 Å². The van der Waals surface area contributed by atoms with Crippen molar-refractivity contribution in [2.45, 2.75) is 33.7 Å². The van der Waals surface area contributed by atoms with Crippen molar-refractivity contribution >= 4 is 63.5 Å². The summed E-state index contributed by atoms with van der Waals surface area (Å²) in [5.74, 6) is 0.00940. The third-order valence-electron chi connectivity index (χ3n) is 5.99. The Balaban J connectivity index is 1.88. The van der Waals surface area contributed by atoms with Gasteiger partial charge < -0.3 is 18.9 Å². The van der Waals surface area contributed by atoms with Gasteiger partial charge in [0.15, 0.2) is 11.4 Å². The Morgan fingerprint density at radius 1 is 1.07 bits per heavy atom. The van der Waals surface area contributed by atoms with Gasteiger partial charge in [-0.1, -0.05) is 35.1 Å². The van der Waals surface area contributed by atoms with Gasteiger partial charge in [0.1, 0.15) is 11.5 Å². The first-order chi connectivity index (χ1) is 19.7. The lowest BCUT2D eigenvalue weighted by molar-refractivity contribution is -0.145. The number of carbonyl (C=O) groups is 2. The van der Waals surface area contributed by atoms with Crippen LogP contribution in [-0.4, -0.2) is 42.9 Å². The Morgan fingerprint density at radius 3 is 2.44 bits per heavy atom. The van der Waals surface area contributed by atoms with Crippen LogP contribution in [0.4, 0.5) is 0 Å². The van der Waals surface area contributed by atoms with Crippen LogP contribution in [0.3, 0.4) is 0 Å². The predicted octanol–water partition coefficient (Wildman–Crippen LogP) is 4.40. The number of fused-ring (bicyclic) bond motifs is 1.